The topological polar surface area (TPSA) is 12.0 Å². The molecule has 1 N–H and O–H groups in total. The van der Waals surface area contributed by atoms with Gasteiger partial charge in [-0.15, -0.1) is 0 Å². The van der Waals surface area contributed by atoms with Crippen LogP contribution < -0.4 is 5.32 Å². The van der Waals surface area contributed by atoms with Crippen molar-refractivity contribution in [2.75, 3.05) is 6.54 Å². The Hall–Kier alpha value is -0.300. The Morgan fingerprint density at radius 2 is 2.08 bits per heavy atom. The molecule has 0 saturated carbocycles. The molecule has 1 nitrogen and oxygen atoms in total. The first kappa shape index (κ1) is 11.7. The van der Waals surface area contributed by atoms with Gasteiger partial charge in [-0.3, -0.25) is 0 Å². The average Bonchev–Trinajstić information content (AvgIpc) is 2.00. The highest BCUT2D eigenvalue weighted by Gasteiger charge is 1.97. The third kappa shape index (κ3) is 7.80. The Morgan fingerprint density at radius 1 is 1.42 bits per heavy atom. The lowest BCUT2D eigenvalue weighted by Gasteiger charge is -2.11. The summed E-state index contributed by atoms with van der Waals surface area (Å²) in [6, 6.07) is 0.667. The highest BCUT2D eigenvalue weighted by atomic mass is 14.9. The van der Waals surface area contributed by atoms with Gasteiger partial charge in [0.05, 0.1) is 0 Å². The third-order valence-corrected chi connectivity index (χ3v) is 1.90. The Morgan fingerprint density at radius 3 is 2.58 bits per heavy atom. The maximum absolute atomic E-state index is 3.48. The second-order valence-electron chi connectivity index (χ2n) is 3.71. The largest absolute Gasteiger partial charge is 0.314 e. The molecular formula is C11H23N. The summed E-state index contributed by atoms with van der Waals surface area (Å²) in [6.45, 7) is 9.93. The van der Waals surface area contributed by atoms with Gasteiger partial charge in [-0.25, -0.2) is 0 Å². The van der Waals surface area contributed by atoms with Crippen molar-refractivity contribution in [1.82, 2.24) is 5.32 Å². The first-order valence-electron chi connectivity index (χ1n) is 5.03. The van der Waals surface area contributed by atoms with Crippen molar-refractivity contribution in [3.63, 3.8) is 0 Å². The highest BCUT2D eigenvalue weighted by molar-refractivity contribution is 4.93. The number of hydrogen-bond acceptors (Lipinski definition) is 1. The fraction of sp³-hybridized carbons (Fsp3) is 0.818. The Kier molecular flexibility index (Phi) is 7.17. The molecule has 0 amide bonds. The summed E-state index contributed by atoms with van der Waals surface area (Å²) in [5.74, 6) is 0. The van der Waals surface area contributed by atoms with E-state index in [-0.39, 0.29) is 0 Å². The molecule has 1 unspecified atom stereocenters. The van der Waals surface area contributed by atoms with E-state index >= 15 is 0 Å². The highest BCUT2D eigenvalue weighted by Crippen LogP contribution is 2.00. The molecule has 72 valence electrons. The number of allylic oxidation sites excluding steroid dienone is 2. The lowest BCUT2D eigenvalue weighted by Crippen LogP contribution is -2.26. The first-order chi connectivity index (χ1) is 5.66. The van der Waals surface area contributed by atoms with Gasteiger partial charge in [0, 0.05) is 6.04 Å². The van der Waals surface area contributed by atoms with Crippen LogP contribution in [0.5, 0.6) is 0 Å². The molecule has 0 aliphatic carbocycles. The van der Waals surface area contributed by atoms with E-state index in [4.69, 9.17) is 0 Å². The van der Waals surface area contributed by atoms with Crippen LogP contribution in [0.15, 0.2) is 11.6 Å². The van der Waals surface area contributed by atoms with E-state index in [2.05, 4.69) is 39.1 Å². The van der Waals surface area contributed by atoms with Crippen molar-refractivity contribution in [1.29, 1.82) is 0 Å². The standard InChI is InChI=1S/C11H23N/c1-5-9-12-11(4)8-6-7-10(2)3/h7,11-12H,5-6,8-9H2,1-4H3. The lowest BCUT2D eigenvalue weighted by molar-refractivity contribution is 0.517. The van der Waals surface area contributed by atoms with Gasteiger partial charge in [-0.05, 0) is 46.6 Å². The Balaban J connectivity index is 3.31. The van der Waals surface area contributed by atoms with E-state index in [0.717, 1.165) is 6.54 Å². The Labute approximate surface area is 77.2 Å². The molecule has 0 heterocycles. The second kappa shape index (κ2) is 7.35. The molecule has 0 aliphatic rings. The van der Waals surface area contributed by atoms with Crippen LogP contribution in [0.25, 0.3) is 0 Å². The summed E-state index contributed by atoms with van der Waals surface area (Å²) in [5.41, 5.74) is 1.43. The minimum absolute atomic E-state index is 0.667. The minimum atomic E-state index is 0.667. The molecule has 0 spiro atoms. The van der Waals surface area contributed by atoms with Crippen molar-refractivity contribution in [3.8, 4) is 0 Å². The quantitative estimate of drug-likeness (QED) is 0.602. The van der Waals surface area contributed by atoms with E-state index < -0.39 is 0 Å². The fourth-order valence-electron chi connectivity index (χ4n) is 1.11. The van der Waals surface area contributed by atoms with Gasteiger partial charge in [-0.2, -0.15) is 0 Å². The van der Waals surface area contributed by atoms with Crippen LogP contribution in [0.1, 0.15) is 47.0 Å². The van der Waals surface area contributed by atoms with Crippen LogP contribution in [0.3, 0.4) is 0 Å². The average molecular weight is 169 g/mol. The van der Waals surface area contributed by atoms with Crippen molar-refractivity contribution in [3.05, 3.63) is 11.6 Å². The third-order valence-electron chi connectivity index (χ3n) is 1.90. The summed E-state index contributed by atoms with van der Waals surface area (Å²) in [6.07, 6.45) is 6.00. The van der Waals surface area contributed by atoms with Gasteiger partial charge >= 0.3 is 0 Å². The smallest absolute Gasteiger partial charge is 0.00416 e. The van der Waals surface area contributed by atoms with Crippen LogP contribution in [0.4, 0.5) is 0 Å². The van der Waals surface area contributed by atoms with Crippen LogP contribution in [-0.2, 0) is 0 Å². The summed E-state index contributed by atoms with van der Waals surface area (Å²) in [4.78, 5) is 0. The van der Waals surface area contributed by atoms with Crippen LogP contribution in [0, 0.1) is 0 Å². The zero-order valence-electron chi connectivity index (χ0n) is 8.98. The van der Waals surface area contributed by atoms with Gasteiger partial charge in [-0.1, -0.05) is 18.6 Å². The molecule has 0 aromatic rings. The molecule has 12 heavy (non-hydrogen) atoms. The monoisotopic (exact) mass is 169 g/mol. The molecule has 0 aromatic carbocycles. The fourth-order valence-corrected chi connectivity index (χ4v) is 1.11. The summed E-state index contributed by atoms with van der Waals surface area (Å²) < 4.78 is 0. The summed E-state index contributed by atoms with van der Waals surface area (Å²) in [5, 5.41) is 3.48. The number of hydrogen-bond donors (Lipinski definition) is 1. The predicted molar refractivity (Wildman–Crippen MR) is 56.4 cm³/mol. The molecule has 0 radical (unpaired) electrons. The van der Waals surface area contributed by atoms with Gasteiger partial charge in [0.1, 0.15) is 0 Å². The summed E-state index contributed by atoms with van der Waals surface area (Å²) >= 11 is 0. The van der Waals surface area contributed by atoms with Gasteiger partial charge in [0.2, 0.25) is 0 Å². The summed E-state index contributed by atoms with van der Waals surface area (Å²) in [7, 11) is 0. The van der Waals surface area contributed by atoms with Gasteiger partial charge in [0.25, 0.3) is 0 Å². The maximum Gasteiger partial charge on any atom is 0.00416 e. The van der Waals surface area contributed by atoms with E-state index in [1.807, 2.05) is 0 Å². The molecule has 0 rings (SSSR count). The second-order valence-corrected chi connectivity index (χ2v) is 3.71. The van der Waals surface area contributed by atoms with E-state index in [0.29, 0.717) is 6.04 Å². The van der Waals surface area contributed by atoms with Gasteiger partial charge < -0.3 is 5.32 Å². The molecule has 1 heteroatoms. The van der Waals surface area contributed by atoms with Gasteiger partial charge in [0.15, 0.2) is 0 Å². The van der Waals surface area contributed by atoms with Crippen LogP contribution >= 0.6 is 0 Å². The first-order valence-corrected chi connectivity index (χ1v) is 5.03. The van der Waals surface area contributed by atoms with Crippen molar-refractivity contribution >= 4 is 0 Å². The number of rotatable bonds is 6. The molecule has 1 atom stereocenters. The SMILES string of the molecule is CCCNC(C)CCC=C(C)C. The molecule has 0 bridgehead atoms. The minimum Gasteiger partial charge on any atom is -0.314 e. The van der Waals surface area contributed by atoms with E-state index in [1.165, 1.54) is 24.8 Å². The van der Waals surface area contributed by atoms with E-state index in [1.54, 1.807) is 0 Å². The van der Waals surface area contributed by atoms with E-state index in [9.17, 15) is 0 Å². The van der Waals surface area contributed by atoms with Crippen LogP contribution in [-0.4, -0.2) is 12.6 Å². The van der Waals surface area contributed by atoms with Crippen LogP contribution in [0.2, 0.25) is 0 Å². The number of nitrogens with one attached hydrogen (secondary N) is 1. The van der Waals surface area contributed by atoms with Crippen molar-refractivity contribution in [2.45, 2.75) is 53.0 Å². The predicted octanol–water partition coefficient (Wildman–Crippen LogP) is 3.12. The molecule has 0 fully saturated rings. The molecule has 0 aromatic heterocycles. The molecular weight excluding hydrogens is 146 g/mol. The molecule has 0 saturated heterocycles. The lowest BCUT2D eigenvalue weighted by atomic mass is 10.1. The zero-order valence-corrected chi connectivity index (χ0v) is 8.98. The molecule has 0 aliphatic heterocycles. The van der Waals surface area contributed by atoms with Crippen molar-refractivity contribution < 1.29 is 0 Å². The normalized spacial score (nSPS) is 12.7. The Bertz CT molecular complexity index is 123. The zero-order chi connectivity index (χ0) is 9.40. The van der Waals surface area contributed by atoms with Crippen molar-refractivity contribution in [2.24, 2.45) is 0 Å². The maximum atomic E-state index is 3.48.